The van der Waals surface area contributed by atoms with Crippen molar-refractivity contribution in [3.63, 3.8) is 0 Å². The van der Waals surface area contributed by atoms with E-state index in [0.29, 0.717) is 6.61 Å². The molecule has 0 N–H and O–H groups in total. The van der Waals surface area contributed by atoms with Gasteiger partial charge in [-0.1, -0.05) is 74.5 Å². The molecular formula is C32H35NO2. The third-order valence-electron chi connectivity index (χ3n) is 6.23. The van der Waals surface area contributed by atoms with E-state index in [1.807, 2.05) is 18.2 Å². The second-order valence-electron chi connectivity index (χ2n) is 9.08. The van der Waals surface area contributed by atoms with E-state index in [0.717, 1.165) is 46.9 Å². The molecule has 0 unspecified atom stereocenters. The molecule has 3 heteroatoms. The van der Waals surface area contributed by atoms with Crippen molar-refractivity contribution in [1.82, 2.24) is 4.98 Å². The number of aromatic nitrogens is 1. The Morgan fingerprint density at radius 2 is 1.43 bits per heavy atom. The van der Waals surface area contributed by atoms with Crippen molar-refractivity contribution in [1.29, 1.82) is 0 Å². The number of aryl methyl sites for hydroxylation is 3. The average molecular weight is 466 g/mol. The Bertz CT molecular complexity index is 1260. The molecule has 0 bridgehead atoms. The lowest BCUT2D eigenvalue weighted by Gasteiger charge is -2.20. The summed E-state index contributed by atoms with van der Waals surface area (Å²) in [5.41, 5.74) is 9.06. The van der Waals surface area contributed by atoms with E-state index in [9.17, 15) is 0 Å². The molecule has 0 aliphatic rings. The topological polar surface area (TPSA) is 31.4 Å². The van der Waals surface area contributed by atoms with Crippen LogP contribution in [0.15, 0.2) is 78.9 Å². The molecule has 3 aromatic carbocycles. The molecule has 0 saturated carbocycles. The number of benzene rings is 3. The van der Waals surface area contributed by atoms with Crippen LogP contribution in [0.4, 0.5) is 0 Å². The van der Waals surface area contributed by atoms with Crippen molar-refractivity contribution in [2.24, 2.45) is 0 Å². The molecule has 0 saturated heterocycles. The van der Waals surface area contributed by atoms with Gasteiger partial charge in [0.05, 0.1) is 17.4 Å². The number of hydrogen-bond acceptors (Lipinski definition) is 3. The summed E-state index contributed by atoms with van der Waals surface area (Å²) >= 11 is 0. The van der Waals surface area contributed by atoms with Crippen LogP contribution in [0.2, 0.25) is 0 Å². The monoisotopic (exact) mass is 465 g/mol. The summed E-state index contributed by atoms with van der Waals surface area (Å²) in [5.74, 6) is 1.67. The fourth-order valence-electron chi connectivity index (χ4n) is 4.46. The van der Waals surface area contributed by atoms with E-state index in [-0.39, 0.29) is 6.10 Å². The maximum Gasteiger partial charge on any atom is 0.130 e. The lowest BCUT2D eigenvalue weighted by molar-refractivity contribution is 0.229. The standard InChI is InChI=1S/C32H35NO2/c1-6-24-15-11-16-25(7-2)32(24)30-20-31(35-22(3)4)29(23(5)33-30)21-34-28-18-12-17-27(19-28)26-13-9-8-10-14-26/h8-20,22H,6-7,21H2,1-5H3. The molecule has 180 valence electrons. The summed E-state index contributed by atoms with van der Waals surface area (Å²) in [6.07, 6.45) is 1.98. The largest absolute Gasteiger partial charge is 0.490 e. The Morgan fingerprint density at radius 1 is 0.771 bits per heavy atom. The highest BCUT2D eigenvalue weighted by Gasteiger charge is 2.18. The normalized spacial score (nSPS) is 11.0. The van der Waals surface area contributed by atoms with Crippen LogP contribution in [0, 0.1) is 6.92 Å². The summed E-state index contributed by atoms with van der Waals surface area (Å²) < 4.78 is 12.6. The van der Waals surface area contributed by atoms with Gasteiger partial charge in [0.15, 0.2) is 0 Å². The first-order valence-electron chi connectivity index (χ1n) is 12.6. The molecule has 0 fully saturated rings. The molecule has 35 heavy (non-hydrogen) atoms. The van der Waals surface area contributed by atoms with E-state index in [1.165, 1.54) is 22.3 Å². The highest BCUT2D eigenvalue weighted by molar-refractivity contribution is 5.70. The summed E-state index contributed by atoms with van der Waals surface area (Å²) in [4.78, 5) is 5.05. The van der Waals surface area contributed by atoms with Gasteiger partial charge in [0.2, 0.25) is 0 Å². The molecule has 1 aromatic heterocycles. The Morgan fingerprint density at radius 3 is 2.09 bits per heavy atom. The van der Waals surface area contributed by atoms with Gasteiger partial charge in [0.1, 0.15) is 18.1 Å². The zero-order chi connectivity index (χ0) is 24.8. The van der Waals surface area contributed by atoms with Crippen molar-refractivity contribution in [2.45, 2.75) is 60.2 Å². The number of ether oxygens (including phenoxy) is 2. The van der Waals surface area contributed by atoms with Crippen LogP contribution in [-0.4, -0.2) is 11.1 Å². The predicted molar refractivity (Wildman–Crippen MR) is 145 cm³/mol. The molecule has 0 radical (unpaired) electrons. The number of hydrogen-bond donors (Lipinski definition) is 0. The van der Waals surface area contributed by atoms with Crippen molar-refractivity contribution >= 4 is 0 Å². The zero-order valence-corrected chi connectivity index (χ0v) is 21.5. The minimum Gasteiger partial charge on any atom is -0.490 e. The Hall–Kier alpha value is -3.59. The van der Waals surface area contributed by atoms with Gasteiger partial charge >= 0.3 is 0 Å². The number of pyridine rings is 1. The van der Waals surface area contributed by atoms with Gasteiger partial charge in [-0.05, 0) is 68.0 Å². The molecule has 0 aliphatic heterocycles. The Balaban J connectivity index is 1.68. The highest BCUT2D eigenvalue weighted by atomic mass is 16.5. The van der Waals surface area contributed by atoms with Gasteiger partial charge in [-0.3, -0.25) is 4.98 Å². The summed E-state index contributed by atoms with van der Waals surface area (Å²) in [7, 11) is 0. The maximum atomic E-state index is 6.30. The van der Waals surface area contributed by atoms with E-state index in [4.69, 9.17) is 14.5 Å². The molecule has 1 heterocycles. The van der Waals surface area contributed by atoms with Crippen LogP contribution in [0.5, 0.6) is 11.5 Å². The second kappa shape index (κ2) is 11.2. The lowest BCUT2D eigenvalue weighted by Crippen LogP contribution is -2.11. The van der Waals surface area contributed by atoms with Gasteiger partial charge in [-0.25, -0.2) is 0 Å². The Kier molecular flexibility index (Phi) is 7.87. The van der Waals surface area contributed by atoms with Crippen LogP contribution in [0.25, 0.3) is 22.4 Å². The van der Waals surface area contributed by atoms with Crippen LogP contribution in [0.1, 0.15) is 50.1 Å². The van der Waals surface area contributed by atoms with Gasteiger partial charge in [-0.15, -0.1) is 0 Å². The van der Waals surface area contributed by atoms with Gasteiger partial charge in [-0.2, -0.15) is 0 Å². The van der Waals surface area contributed by atoms with Crippen molar-refractivity contribution in [3.05, 3.63) is 101 Å². The quantitative estimate of drug-likeness (QED) is 0.249. The molecule has 4 aromatic rings. The molecule has 4 rings (SSSR count). The minimum absolute atomic E-state index is 0.0527. The van der Waals surface area contributed by atoms with Crippen LogP contribution in [0.3, 0.4) is 0 Å². The maximum absolute atomic E-state index is 6.30. The molecule has 0 atom stereocenters. The molecule has 3 nitrogen and oxygen atoms in total. The lowest BCUT2D eigenvalue weighted by atomic mass is 9.94. The van der Waals surface area contributed by atoms with Crippen LogP contribution < -0.4 is 9.47 Å². The second-order valence-corrected chi connectivity index (χ2v) is 9.08. The average Bonchev–Trinajstić information content (AvgIpc) is 2.88. The van der Waals surface area contributed by atoms with Gasteiger partial charge in [0.25, 0.3) is 0 Å². The minimum atomic E-state index is 0.0527. The van der Waals surface area contributed by atoms with Crippen molar-refractivity contribution < 1.29 is 9.47 Å². The summed E-state index contributed by atoms with van der Waals surface area (Å²) in [6, 6.07) is 27.2. The van der Waals surface area contributed by atoms with E-state index in [1.54, 1.807) is 0 Å². The first-order chi connectivity index (χ1) is 17.0. The first-order valence-corrected chi connectivity index (χ1v) is 12.6. The van der Waals surface area contributed by atoms with Crippen molar-refractivity contribution in [3.8, 4) is 33.9 Å². The summed E-state index contributed by atoms with van der Waals surface area (Å²) in [5, 5.41) is 0. The van der Waals surface area contributed by atoms with E-state index in [2.05, 4.69) is 95.3 Å². The van der Waals surface area contributed by atoms with Gasteiger partial charge in [0, 0.05) is 17.3 Å². The molecule has 0 aliphatic carbocycles. The fraction of sp³-hybridized carbons (Fsp3) is 0.281. The smallest absolute Gasteiger partial charge is 0.130 e. The summed E-state index contributed by atoms with van der Waals surface area (Å²) in [6.45, 7) is 11.0. The molecule has 0 amide bonds. The molecule has 0 spiro atoms. The predicted octanol–water partition coefficient (Wildman–Crippen LogP) is 8.22. The third kappa shape index (κ3) is 5.74. The van der Waals surface area contributed by atoms with Gasteiger partial charge < -0.3 is 9.47 Å². The fourth-order valence-corrected chi connectivity index (χ4v) is 4.46. The van der Waals surface area contributed by atoms with Crippen LogP contribution >= 0.6 is 0 Å². The number of nitrogens with zero attached hydrogens (tertiary/aromatic N) is 1. The Labute approximate surface area is 209 Å². The van der Waals surface area contributed by atoms with Crippen molar-refractivity contribution in [2.75, 3.05) is 0 Å². The number of rotatable bonds is 9. The van der Waals surface area contributed by atoms with E-state index >= 15 is 0 Å². The van der Waals surface area contributed by atoms with E-state index < -0.39 is 0 Å². The van der Waals surface area contributed by atoms with Crippen LogP contribution in [-0.2, 0) is 19.4 Å². The third-order valence-corrected chi connectivity index (χ3v) is 6.23. The zero-order valence-electron chi connectivity index (χ0n) is 21.5. The SMILES string of the molecule is CCc1cccc(CC)c1-c1cc(OC(C)C)c(COc2cccc(-c3ccccc3)c2)c(C)n1. The first kappa shape index (κ1) is 24.5. The molecular weight excluding hydrogens is 430 g/mol. The highest BCUT2D eigenvalue weighted by Crippen LogP contribution is 2.34.